The van der Waals surface area contributed by atoms with Crippen molar-refractivity contribution in [1.29, 1.82) is 0 Å². The lowest BCUT2D eigenvalue weighted by atomic mass is 10.1. The molecule has 1 aliphatic rings. The van der Waals surface area contributed by atoms with Gasteiger partial charge >= 0.3 is 0 Å². The van der Waals surface area contributed by atoms with Crippen LogP contribution in [0, 0.1) is 6.92 Å². The zero-order chi connectivity index (χ0) is 18.7. The van der Waals surface area contributed by atoms with E-state index < -0.39 is 10.0 Å². The molecule has 26 heavy (non-hydrogen) atoms. The number of amides is 1. The van der Waals surface area contributed by atoms with E-state index in [2.05, 4.69) is 10.0 Å². The zero-order valence-corrected chi connectivity index (χ0v) is 15.6. The van der Waals surface area contributed by atoms with Crippen LogP contribution in [0.3, 0.4) is 0 Å². The largest absolute Gasteiger partial charge is 0.496 e. The van der Waals surface area contributed by atoms with Gasteiger partial charge in [-0.15, -0.1) is 0 Å². The Kier molecular flexibility index (Phi) is 5.29. The first-order valence-corrected chi connectivity index (χ1v) is 9.91. The normalized spacial score (nSPS) is 14.1. The van der Waals surface area contributed by atoms with Crippen molar-refractivity contribution in [3.05, 3.63) is 53.6 Å². The number of ether oxygens (including phenoxy) is 1. The van der Waals surface area contributed by atoms with Crippen LogP contribution in [-0.2, 0) is 21.2 Å². The second-order valence-corrected chi connectivity index (χ2v) is 8.17. The van der Waals surface area contributed by atoms with Crippen molar-refractivity contribution >= 4 is 21.6 Å². The molecule has 0 bridgehead atoms. The van der Waals surface area contributed by atoms with E-state index in [4.69, 9.17) is 4.74 Å². The smallest absolute Gasteiger partial charge is 0.240 e. The highest BCUT2D eigenvalue weighted by molar-refractivity contribution is 7.89. The van der Waals surface area contributed by atoms with Gasteiger partial charge in [-0.05, 0) is 50.1 Å². The fourth-order valence-electron chi connectivity index (χ4n) is 2.63. The van der Waals surface area contributed by atoms with Crippen LogP contribution < -0.4 is 14.8 Å². The lowest BCUT2D eigenvalue weighted by molar-refractivity contribution is -0.115. The van der Waals surface area contributed by atoms with Crippen LogP contribution in [0.25, 0.3) is 0 Å². The summed E-state index contributed by atoms with van der Waals surface area (Å²) < 4.78 is 32.2. The molecule has 0 aliphatic heterocycles. The number of nitrogens with one attached hydrogen (secondary N) is 2. The van der Waals surface area contributed by atoms with E-state index in [1.165, 1.54) is 12.1 Å². The van der Waals surface area contributed by atoms with Crippen LogP contribution in [0.2, 0.25) is 0 Å². The van der Waals surface area contributed by atoms with Crippen LogP contribution in [0.15, 0.2) is 47.4 Å². The number of hydrogen-bond acceptors (Lipinski definition) is 4. The molecule has 0 heterocycles. The van der Waals surface area contributed by atoms with Crippen molar-refractivity contribution in [2.45, 2.75) is 37.1 Å². The first kappa shape index (κ1) is 18.4. The van der Waals surface area contributed by atoms with Gasteiger partial charge in [-0.1, -0.05) is 17.7 Å². The predicted molar refractivity (Wildman–Crippen MR) is 99.9 cm³/mol. The van der Waals surface area contributed by atoms with Gasteiger partial charge in [0.15, 0.2) is 0 Å². The summed E-state index contributed by atoms with van der Waals surface area (Å²) in [7, 11) is -1.91. The predicted octanol–water partition coefficient (Wildman–Crippen LogP) is 2.63. The summed E-state index contributed by atoms with van der Waals surface area (Å²) in [6.45, 7) is 1.95. The number of methoxy groups -OCH3 is 1. The number of rotatable bonds is 7. The first-order chi connectivity index (χ1) is 12.4. The van der Waals surface area contributed by atoms with E-state index in [1.807, 2.05) is 25.1 Å². The Morgan fingerprint density at radius 3 is 2.46 bits per heavy atom. The lowest BCUT2D eigenvalue weighted by Crippen LogP contribution is -2.25. The minimum absolute atomic E-state index is 0.0590. The van der Waals surface area contributed by atoms with E-state index in [1.54, 1.807) is 19.2 Å². The molecule has 0 spiro atoms. The SMILES string of the molecule is COc1ccc(C)cc1CC(=O)Nc1ccc(S(=O)(=O)NC2CC2)cc1. The Bertz CT molecular complexity index is 904. The molecule has 1 fully saturated rings. The summed E-state index contributed by atoms with van der Waals surface area (Å²) in [6.07, 6.45) is 1.94. The number of anilines is 1. The summed E-state index contributed by atoms with van der Waals surface area (Å²) in [5.41, 5.74) is 2.40. The van der Waals surface area contributed by atoms with Crippen LogP contribution in [0.5, 0.6) is 5.75 Å². The Morgan fingerprint density at radius 2 is 1.85 bits per heavy atom. The lowest BCUT2D eigenvalue weighted by Gasteiger charge is -2.11. The molecule has 0 aromatic heterocycles. The fourth-order valence-corrected chi connectivity index (χ4v) is 3.93. The topological polar surface area (TPSA) is 84.5 Å². The maximum Gasteiger partial charge on any atom is 0.240 e. The van der Waals surface area contributed by atoms with Gasteiger partial charge in [0, 0.05) is 17.3 Å². The highest BCUT2D eigenvalue weighted by Gasteiger charge is 2.27. The third kappa shape index (κ3) is 4.62. The molecule has 3 rings (SSSR count). The first-order valence-electron chi connectivity index (χ1n) is 8.43. The van der Waals surface area contributed by atoms with E-state index in [0.29, 0.717) is 11.4 Å². The molecule has 2 aromatic carbocycles. The number of carbonyl (C=O) groups excluding carboxylic acids is 1. The Balaban J connectivity index is 1.65. The third-order valence-electron chi connectivity index (χ3n) is 4.13. The molecule has 1 aliphatic carbocycles. The van der Waals surface area contributed by atoms with Crippen LogP contribution in [0.4, 0.5) is 5.69 Å². The number of carbonyl (C=O) groups is 1. The van der Waals surface area contributed by atoms with Crippen molar-refractivity contribution in [2.75, 3.05) is 12.4 Å². The average molecular weight is 374 g/mol. The molecule has 1 amide bonds. The van der Waals surface area contributed by atoms with Crippen molar-refractivity contribution in [3.8, 4) is 5.75 Å². The summed E-state index contributed by atoms with van der Waals surface area (Å²) in [5, 5.41) is 2.78. The molecule has 0 saturated heterocycles. The molecule has 2 N–H and O–H groups in total. The van der Waals surface area contributed by atoms with Gasteiger partial charge in [0.05, 0.1) is 18.4 Å². The van der Waals surface area contributed by atoms with Crippen molar-refractivity contribution in [2.24, 2.45) is 0 Å². The van der Waals surface area contributed by atoms with E-state index >= 15 is 0 Å². The number of sulfonamides is 1. The van der Waals surface area contributed by atoms with Crippen molar-refractivity contribution in [3.63, 3.8) is 0 Å². The van der Waals surface area contributed by atoms with Crippen LogP contribution in [-0.4, -0.2) is 27.5 Å². The maximum atomic E-state index is 12.3. The summed E-state index contributed by atoms with van der Waals surface area (Å²) >= 11 is 0. The van der Waals surface area contributed by atoms with Crippen LogP contribution in [0.1, 0.15) is 24.0 Å². The second-order valence-electron chi connectivity index (χ2n) is 6.46. The van der Waals surface area contributed by atoms with Gasteiger partial charge in [0.25, 0.3) is 0 Å². The molecule has 0 radical (unpaired) electrons. The summed E-state index contributed by atoms with van der Waals surface area (Å²) in [4.78, 5) is 12.5. The van der Waals surface area contributed by atoms with Gasteiger partial charge in [-0.25, -0.2) is 13.1 Å². The van der Waals surface area contributed by atoms with Gasteiger partial charge in [-0.3, -0.25) is 4.79 Å². The molecule has 0 atom stereocenters. The third-order valence-corrected chi connectivity index (χ3v) is 5.67. The number of aryl methyl sites for hydroxylation is 1. The highest BCUT2D eigenvalue weighted by Crippen LogP contribution is 2.23. The highest BCUT2D eigenvalue weighted by atomic mass is 32.2. The molecule has 1 saturated carbocycles. The molecular formula is C19H22N2O4S. The Hall–Kier alpha value is -2.38. The summed E-state index contributed by atoms with van der Waals surface area (Å²) in [6, 6.07) is 11.9. The molecule has 6 nitrogen and oxygen atoms in total. The fraction of sp³-hybridized carbons (Fsp3) is 0.316. The average Bonchev–Trinajstić information content (AvgIpc) is 3.39. The van der Waals surface area contributed by atoms with Crippen molar-refractivity contribution in [1.82, 2.24) is 4.72 Å². The molecule has 0 unspecified atom stereocenters. The monoisotopic (exact) mass is 374 g/mol. The summed E-state index contributed by atoms with van der Waals surface area (Å²) in [5.74, 6) is 0.471. The van der Waals surface area contributed by atoms with E-state index in [0.717, 1.165) is 24.0 Å². The maximum absolute atomic E-state index is 12.3. The molecular weight excluding hydrogens is 352 g/mol. The Morgan fingerprint density at radius 1 is 1.15 bits per heavy atom. The number of hydrogen-bond donors (Lipinski definition) is 2. The van der Waals surface area contributed by atoms with Crippen molar-refractivity contribution < 1.29 is 17.9 Å². The molecule has 7 heteroatoms. The van der Waals surface area contributed by atoms with Gasteiger partial charge in [-0.2, -0.15) is 0 Å². The van der Waals surface area contributed by atoms with Gasteiger partial charge in [0.1, 0.15) is 5.75 Å². The van der Waals surface area contributed by atoms with Crippen LogP contribution >= 0.6 is 0 Å². The molecule has 138 valence electrons. The zero-order valence-electron chi connectivity index (χ0n) is 14.8. The van der Waals surface area contributed by atoms with E-state index in [-0.39, 0.29) is 23.3 Å². The minimum Gasteiger partial charge on any atom is -0.496 e. The number of benzene rings is 2. The van der Waals surface area contributed by atoms with E-state index in [9.17, 15) is 13.2 Å². The standard InChI is InChI=1S/C19H22N2O4S/c1-13-3-10-18(25-2)14(11-13)12-19(22)20-15-6-8-17(9-7-15)26(23,24)21-16-4-5-16/h3,6-11,16,21H,4-5,12H2,1-2H3,(H,20,22). The Labute approximate surface area is 153 Å². The molecule has 2 aromatic rings. The quantitative estimate of drug-likeness (QED) is 0.780. The van der Waals surface area contributed by atoms with Gasteiger partial charge < -0.3 is 10.1 Å². The minimum atomic E-state index is -3.48. The van der Waals surface area contributed by atoms with Gasteiger partial charge in [0.2, 0.25) is 15.9 Å². The second kappa shape index (κ2) is 7.47.